The number of nitrogens with one attached hydrogen (secondary N) is 2. The number of H-pyrrole nitrogens is 1. The third kappa shape index (κ3) is 3.14. The predicted octanol–water partition coefficient (Wildman–Crippen LogP) is 1.65. The average Bonchev–Trinajstić information content (AvgIpc) is 3.26. The molecule has 1 saturated heterocycles. The summed E-state index contributed by atoms with van der Waals surface area (Å²) in [5, 5.41) is 13.3. The van der Waals surface area contributed by atoms with E-state index in [1.807, 2.05) is 0 Å². The Morgan fingerprint density at radius 3 is 3.00 bits per heavy atom. The van der Waals surface area contributed by atoms with Crippen molar-refractivity contribution in [3.05, 3.63) is 18.6 Å². The molecule has 1 aliphatic rings. The molecule has 0 saturated carbocycles. The normalized spacial score (nSPS) is 20.6. The van der Waals surface area contributed by atoms with Crippen molar-refractivity contribution in [3.63, 3.8) is 0 Å². The van der Waals surface area contributed by atoms with Crippen LogP contribution in [0.3, 0.4) is 0 Å². The second-order valence-corrected chi connectivity index (χ2v) is 5.61. The van der Waals surface area contributed by atoms with Crippen LogP contribution in [0, 0.1) is 0 Å². The van der Waals surface area contributed by atoms with E-state index in [4.69, 9.17) is 4.74 Å². The second-order valence-electron chi connectivity index (χ2n) is 5.61. The van der Waals surface area contributed by atoms with E-state index in [0.717, 1.165) is 4.52 Å². The molecule has 0 aromatic carbocycles. The molecule has 0 bridgehead atoms. The van der Waals surface area contributed by atoms with Crippen molar-refractivity contribution in [3.8, 4) is 17.1 Å². The van der Waals surface area contributed by atoms with Gasteiger partial charge in [0, 0.05) is 18.4 Å². The lowest BCUT2D eigenvalue weighted by Crippen LogP contribution is -2.39. The summed E-state index contributed by atoms with van der Waals surface area (Å²) in [6.07, 6.45) is 3.48. The van der Waals surface area contributed by atoms with E-state index >= 15 is 0 Å². The van der Waals surface area contributed by atoms with Crippen LogP contribution in [0.1, 0.15) is 6.42 Å². The predicted molar refractivity (Wildman–Crippen MR) is 82.7 cm³/mol. The molecule has 2 atom stereocenters. The van der Waals surface area contributed by atoms with Gasteiger partial charge in [-0.2, -0.15) is 23.4 Å². The lowest BCUT2D eigenvalue weighted by Gasteiger charge is -2.26. The van der Waals surface area contributed by atoms with Crippen LogP contribution < -0.4 is 10.1 Å². The Labute approximate surface area is 144 Å². The summed E-state index contributed by atoms with van der Waals surface area (Å²) >= 11 is 0. The molecule has 3 aromatic heterocycles. The minimum atomic E-state index is -3.08. The van der Waals surface area contributed by atoms with Crippen molar-refractivity contribution in [2.45, 2.75) is 25.2 Å². The molecule has 4 rings (SSSR count). The van der Waals surface area contributed by atoms with Crippen LogP contribution in [-0.2, 0) is 4.74 Å². The van der Waals surface area contributed by atoms with Gasteiger partial charge in [-0.3, -0.25) is 5.10 Å². The topological polar surface area (TPSA) is 102 Å². The van der Waals surface area contributed by atoms with Gasteiger partial charge in [-0.25, -0.2) is 9.37 Å². The van der Waals surface area contributed by atoms with E-state index in [0.29, 0.717) is 18.6 Å². The Hall–Kier alpha value is -2.89. The SMILES string of the molecule is FC(F)Oc1c(-c2cn[nH]c2)ncc2nc(N[C@H]3CCOC[C@H]3F)nn12. The van der Waals surface area contributed by atoms with Gasteiger partial charge in [-0.1, -0.05) is 0 Å². The first-order valence-corrected chi connectivity index (χ1v) is 7.80. The molecular weight excluding hydrogens is 355 g/mol. The maximum Gasteiger partial charge on any atom is 0.388 e. The molecule has 0 amide bonds. The lowest BCUT2D eigenvalue weighted by molar-refractivity contribution is -0.0540. The Kier molecular flexibility index (Phi) is 4.32. The first-order valence-electron chi connectivity index (χ1n) is 7.80. The summed E-state index contributed by atoms with van der Waals surface area (Å²) in [6.45, 7) is -2.69. The molecule has 0 unspecified atom stereocenters. The molecule has 9 nitrogen and oxygen atoms in total. The van der Waals surface area contributed by atoms with Gasteiger partial charge in [0.2, 0.25) is 11.8 Å². The quantitative estimate of drug-likeness (QED) is 0.705. The molecule has 4 heterocycles. The van der Waals surface area contributed by atoms with Crippen LogP contribution >= 0.6 is 0 Å². The summed E-state index contributed by atoms with van der Waals surface area (Å²) in [5.74, 6) is -0.201. The Balaban J connectivity index is 1.72. The summed E-state index contributed by atoms with van der Waals surface area (Å²) in [7, 11) is 0. The van der Waals surface area contributed by atoms with Gasteiger partial charge < -0.3 is 14.8 Å². The van der Waals surface area contributed by atoms with Crippen molar-refractivity contribution >= 4 is 11.6 Å². The van der Waals surface area contributed by atoms with Gasteiger partial charge in [-0.05, 0) is 6.42 Å². The fourth-order valence-electron chi connectivity index (χ4n) is 2.70. The van der Waals surface area contributed by atoms with Gasteiger partial charge in [0.05, 0.1) is 25.0 Å². The second kappa shape index (κ2) is 6.78. The van der Waals surface area contributed by atoms with Crippen LogP contribution in [0.4, 0.5) is 19.1 Å². The molecule has 0 spiro atoms. The van der Waals surface area contributed by atoms with Gasteiger partial charge in [0.15, 0.2) is 5.65 Å². The zero-order valence-corrected chi connectivity index (χ0v) is 13.3. The fourth-order valence-corrected chi connectivity index (χ4v) is 2.70. The van der Waals surface area contributed by atoms with E-state index in [1.54, 1.807) is 0 Å². The van der Waals surface area contributed by atoms with Gasteiger partial charge in [0.25, 0.3) is 0 Å². The molecule has 12 heteroatoms. The standard InChI is InChI=1S/C14H14F3N7O2/c15-8-6-25-2-1-9(8)21-14-22-10-5-18-11(7-3-19-20-4-7)12(24(10)23-14)26-13(16)17/h3-5,8-9,13H,1-2,6H2,(H,19,20)(H,21,23)/t8-,9+/m1/s1. The minimum absolute atomic E-state index is 0.0169. The lowest BCUT2D eigenvalue weighted by atomic mass is 10.1. The fraction of sp³-hybridized carbons (Fsp3) is 0.429. The van der Waals surface area contributed by atoms with Crippen LogP contribution in [0.5, 0.6) is 5.88 Å². The number of hydrogen-bond acceptors (Lipinski definition) is 7. The monoisotopic (exact) mass is 369 g/mol. The van der Waals surface area contributed by atoms with Gasteiger partial charge in [0.1, 0.15) is 11.9 Å². The molecular formula is C14H14F3N7O2. The molecule has 2 N–H and O–H groups in total. The molecule has 26 heavy (non-hydrogen) atoms. The average molecular weight is 369 g/mol. The van der Waals surface area contributed by atoms with Gasteiger partial charge >= 0.3 is 6.61 Å². The van der Waals surface area contributed by atoms with E-state index in [2.05, 4.69) is 35.3 Å². The number of ether oxygens (including phenoxy) is 2. The summed E-state index contributed by atoms with van der Waals surface area (Å²) in [5.41, 5.74) is 0.746. The van der Waals surface area contributed by atoms with Crippen LogP contribution in [0.15, 0.2) is 18.6 Å². The smallest absolute Gasteiger partial charge is 0.388 e. The maximum atomic E-state index is 13.9. The first-order chi connectivity index (χ1) is 12.6. The van der Waals surface area contributed by atoms with Gasteiger partial charge in [-0.15, -0.1) is 5.10 Å². The maximum absolute atomic E-state index is 13.9. The summed E-state index contributed by atoms with van der Waals surface area (Å²) in [6, 6.07) is -0.526. The van der Waals surface area contributed by atoms with Crippen molar-refractivity contribution in [2.75, 3.05) is 18.5 Å². The Bertz CT molecular complexity index is 886. The molecule has 138 valence electrons. The zero-order valence-electron chi connectivity index (χ0n) is 13.3. The molecule has 0 aliphatic carbocycles. The minimum Gasteiger partial charge on any atom is -0.414 e. The Morgan fingerprint density at radius 1 is 1.38 bits per heavy atom. The summed E-state index contributed by atoms with van der Waals surface area (Å²) in [4.78, 5) is 8.27. The molecule has 1 aliphatic heterocycles. The zero-order chi connectivity index (χ0) is 18.1. The first kappa shape index (κ1) is 16.6. The van der Waals surface area contributed by atoms with E-state index < -0.39 is 18.8 Å². The summed E-state index contributed by atoms with van der Waals surface area (Å²) < 4.78 is 50.4. The number of anilines is 1. The van der Waals surface area contributed by atoms with Crippen molar-refractivity contribution in [2.24, 2.45) is 0 Å². The number of hydrogen-bond donors (Lipinski definition) is 2. The van der Waals surface area contributed by atoms with Crippen LogP contribution in [-0.4, -0.2) is 61.8 Å². The number of halogens is 3. The number of nitrogens with zero attached hydrogens (tertiary/aromatic N) is 5. The molecule has 0 radical (unpaired) electrons. The number of aromatic amines is 1. The number of alkyl halides is 3. The van der Waals surface area contributed by atoms with E-state index in [9.17, 15) is 13.2 Å². The highest BCUT2D eigenvalue weighted by molar-refractivity contribution is 5.65. The number of fused-ring (bicyclic) bond motifs is 1. The van der Waals surface area contributed by atoms with Crippen LogP contribution in [0.2, 0.25) is 0 Å². The molecule has 1 fully saturated rings. The van der Waals surface area contributed by atoms with Crippen molar-refractivity contribution < 1.29 is 22.6 Å². The number of rotatable bonds is 5. The highest BCUT2D eigenvalue weighted by atomic mass is 19.3. The highest BCUT2D eigenvalue weighted by Gasteiger charge is 2.27. The van der Waals surface area contributed by atoms with E-state index in [-0.39, 0.29) is 29.8 Å². The van der Waals surface area contributed by atoms with Crippen LogP contribution in [0.25, 0.3) is 16.9 Å². The number of aromatic nitrogens is 6. The Morgan fingerprint density at radius 2 is 2.27 bits per heavy atom. The van der Waals surface area contributed by atoms with Crippen molar-refractivity contribution in [1.82, 2.24) is 29.8 Å². The third-order valence-electron chi connectivity index (χ3n) is 3.91. The largest absolute Gasteiger partial charge is 0.414 e. The third-order valence-corrected chi connectivity index (χ3v) is 3.91. The highest BCUT2D eigenvalue weighted by Crippen LogP contribution is 2.29. The van der Waals surface area contributed by atoms with E-state index in [1.165, 1.54) is 18.6 Å². The van der Waals surface area contributed by atoms with Crippen molar-refractivity contribution in [1.29, 1.82) is 0 Å². The molecule has 3 aromatic rings.